The van der Waals surface area contributed by atoms with Gasteiger partial charge in [-0.15, -0.1) is 0 Å². The number of carboxylic acid groups (broad SMARTS) is 1. The Balaban J connectivity index is 0.000000640. The molecule has 144 valence electrons. The smallest absolute Gasteiger partial charge is 0.475 e. The highest BCUT2D eigenvalue weighted by molar-refractivity contribution is 5.73. The van der Waals surface area contributed by atoms with Crippen LogP contribution in [0.5, 0.6) is 0 Å². The summed E-state index contributed by atoms with van der Waals surface area (Å²) in [6, 6.07) is 1.25. The quantitative estimate of drug-likeness (QED) is 0.670. The van der Waals surface area contributed by atoms with Gasteiger partial charge >= 0.3 is 12.1 Å². The molecule has 0 aromatic rings. The molecule has 0 aromatic heterocycles. The molecule has 2 atom stereocenters. The third-order valence-electron chi connectivity index (χ3n) is 4.41. The molecule has 1 rings (SSSR count). The zero-order valence-electron chi connectivity index (χ0n) is 15.3. The van der Waals surface area contributed by atoms with Crippen molar-refractivity contribution in [1.82, 2.24) is 5.32 Å². The number of rotatable bonds is 6. The summed E-state index contributed by atoms with van der Waals surface area (Å²) >= 11 is 0. The Hall–Kier alpha value is -0.820. The first kappa shape index (κ1) is 23.2. The average Bonchev–Trinajstić information content (AvgIpc) is 2.66. The SMILES string of the molecule is CC(CCCC(C)(C)O)NC1CCCC1(C)C.O=C(O)C(F)(F)F. The molecule has 1 fully saturated rings. The maximum atomic E-state index is 10.6. The van der Waals surface area contributed by atoms with Crippen LogP contribution in [0.25, 0.3) is 0 Å². The molecule has 0 saturated heterocycles. The minimum atomic E-state index is -5.08. The molecular weight excluding hydrogens is 323 g/mol. The zero-order chi connectivity index (χ0) is 19.2. The van der Waals surface area contributed by atoms with Crippen molar-refractivity contribution in [2.75, 3.05) is 0 Å². The lowest BCUT2D eigenvalue weighted by Crippen LogP contribution is -2.42. The number of halogens is 3. The maximum Gasteiger partial charge on any atom is 0.490 e. The second-order valence-electron chi connectivity index (χ2n) is 8.01. The van der Waals surface area contributed by atoms with Crippen LogP contribution in [0.1, 0.15) is 73.1 Å². The van der Waals surface area contributed by atoms with Gasteiger partial charge in [0.2, 0.25) is 0 Å². The van der Waals surface area contributed by atoms with E-state index < -0.39 is 17.7 Å². The molecule has 1 aliphatic rings. The first-order valence-corrected chi connectivity index (χ1v) is 8.44. The molecule has 0 amide bonds. The molecule has 0 aromatic carbocycles. The lowest BCUT2D eigenvalue weighted by molar-refractivity contribution is -0.192. The Labute approximate surface area is 142 Å². The molecular formula is C17H32F3NO3. The lowest BCUT2D eigenvalue weighted by Gasteiger charge is -2.31. The Morgan fingerprint density at radius 2 is 1.83 bits per heavy atom. The third-order valence-corrected chi connectivity index (χ3v) is 4.41. The number of alkyl halides is 3. The monoisotopic (exact) mass is 355 g/mol. The minimum Gasteiger partial charge on any atom is -0.475 e. The highest BCUT2D eigenvalue weighted by Gasteiger charge is 2.38. The number of nitrogens with one attached hydrogen (secondary N) is 1. The first-order chi connectivity index (χ1) is 10.6. The van der Waals surface area contributed by atoms with Crippen molar-refractivity contribution in [3.05, 3.63) is 0 Å². The second-order valence-corrected chi connectivity index (χ2v) is 8.01. The predicted octanol–water partition coefficient (Wildman–Crippen LogP) is 4.12. The van der Waals surface area contributed by atoms with Crippen molar-refractivity contribution in [2.45, 2.75) is 97.0 Å². The number of carbonyl (C=O) groups is 1. The van der Waals surface area contributed by atoms with Crippen LogP contribution in [0.4, 0.5) is 13.2 Å². The molecule has 0 bridgehead atoms. The van der Waals surface area contributed by atoms with Crippen molar-refractivity contribution in [2.24, 2.45) is 5.41 Å². The van der Waals surface area contributed by atoms with E-state index in [9.17, 15) is 18.3 Å². The van der Waals surface area contributed by atoms with Gasteiger partial charge in [0.05, 0.1) is 5.60 Å². The summed E-state index contributed by atoms with van der Waals surface area (Å²) in [6.07, 6.45) is 2.11. The summed E-state index contributed by atoms with van der Waals surface area (Å²) in [5.41, 5.74) is -0.0448. The van der Waals surface area contributed by atoms with Crippen LogP contribution in [-0.4, -0.2) is 40.0 Å². The van der Waals surface area contributed by atoms with E-state index in [1.54, 1.807) is 0 Å². The molecule has 0 radical (unpaired) electrons. The third kappa shape index (κ3) is 10.1. The zero-order valence-corrected chi connectivity index (χ0v) is 15.3. The molecule has 0 aliphatic heterocycles. The number of aliphatic carboxylic acids is 1. The normalized spacial score (nSPS) is 21.8. The van der Waals surface area contributed by atoms with Crippen LogP contribution in [0.2, 0.25) is 0 Å². The van der Waals surface area contributed by atoms with Gasteiger partial charge in [0.1, 0.15) is 0 Å². The van der Waals surface area contributed by atoms with Gasteiger partial charge in [0.15, 0.2) is 0 Å². The fourth-order valence-corrected chi connectivity index (χ4v) is 2.90. The average molecular weight is 355 g/mol. The summed E-state index contributed by atoms with van der Waals surface area (Å²) in [6.45, 7) is 10.8. The van der Waals surface area contributed by atoms with E-state index in [-0.39, 0.29) is 0 Å². The largest absolute Gasteiger partial charge is 0.490 e. The minimum absolute atomic E-state index is 0.463. The first-order valence-electron chi connectivity index (χ1n) is 8.44. The summed E-state index contributed by atoms with van der Waals surface area (Å²) in [4.78, 5) is 8.90. The van der Waals surface area contributed by atoms with Crippen LogP contribution >= 0.6 is 0 Å². The van der Waals surface area contributed by atoms with Gasteiger partial charge in [-0.2, -0.15) is 13.2 Å². The van der Waals surface area contributed by atoms with Crippen LogP contribution < -0.4 is 5.32 Å². The van der Waals surface area contributed by atoms with Crippen LogP contribution in [0, 0.1) is 5.41 Å². The predicted molar refractivity (Wildman–Crippen MR) is 87.9 cm³/mol. The maximum absolute atomic E-state index is 10.6. The Bertz CT molecular complexity index is 390. The van der Waals surface area contributed by atoms with Gasteiger partial charge in [-0.1, -0.05) is 20.3 Å². The molecule has 1 saturated carbocycles. The summed E-state index contributed by atoms with van der Waals surface area (Å²) in [5, 5.41) is 20.6. The van der Waals surface area contributed by atoms with Crippen LogP contribution in [0.15, 0.2) is 0 Å². The van der Waals surface area contributed by atoms with Crippen molar-refractivity contribution in [3.63, 3.8) is 0 Å². The summed E-state index contributed by atoms with van der Waals surface area (Å²) in [5.74, 6) is -2.76. The Kier molecular flexibility index (Phi) is 8.73. The van der Waals surface area contributed by atoms with E-state index in [1.165, 1.54) is 19.3 Å². The highest BCUT2D eigenvalue weighted by atomic mass is 19.4. The molecule has 0 spiro atoms. The molecule has 1 aliphatic carbocycles. The molecule has 24 heavy (non-hydrogen) atoms. The van der Waals surface area contributed by atoms with Gasteiger partial charge in [-0.25, -0.2) is 4.79 Å². The lowest BCUT2D eigenvalue weighted by atomic mass is 9.87. The summed E-state index contributed by atoms with van der Waals surface area (Å²) in [7, 11) is 0. The van der Waals surface area contributed by atoms with E-state index >= 15 is 0 Å². The Morgan fingerprint density at radius 3 is 2.17 bits per heavy atom. The molecule has 4 nitrogen and oxygen atoms in total. The molecule has 2 unspecified atom stereocenters. The van der Waals surface area contributed by atoms with Crippen molar-refractivity contribution in [1.29, 1.82) is 0 Å². The molecule has 0 heterocycles. The number of hydrogen-bond donors (Lipinski definition) is 3. The number of carboxylic acids is 1. The van der Waals surface area contributed by atoms with Crippen LogP contribution in [-0.2, 0) is 4.79 Å². The topological polar surface area (TPSA) is 69.6 Å². The Morgan fingerprint density at radius 1 is 1.33 bits per heavy atom. The van der Waals surface area contributed by atoms with E-state index in [0.717, 1.165) is 19.3 Å². The fraction of sp³-hybridized carbons (Fsp3) is 0.941. The van der Waals surface area contributed by atoms with Gasteiger partial charge in [0.25, 0.3) is 0 Å². The number of hydrogen-bond acceptors (Lipinski definition) is 3. The van der Waals surface area contributed by atoms with Crippen molar-refractivity contribution >= 4 is 5.97 Å². The number of aliphatic hydroxyl groups is 1. The highest BCUT2D eigenvalue weighted by Crippen LogP contribution is 2.37. The second kappa shape index (κ2) is 9.04. The van der Waals surface area contributed by atoms with E-state index in [1.807, 2.05) is 13.8 Å². The summed E-state index contributed by atoms with van der Waals surface area (Å²) < 4.78 is 31.7. The fourth-order valence-electron chi connectivity index (χ4n) is 2.90. The van der Waals surface area contributed by atoms with Gasteiger partial charge in [-0.3, -0.25) is 0 Å². The van der Waals surface area contributed by atoms with Gasteiger partial charge in [0, 0.05) is 12.1 Å². The van der Waals surface area contributed by atoms with E-state index in [4.69, 9.17) is 9.90 Å². The van der Waals surface area contributed by atoms with Crippen LogP contribution in [0.3, 0.4) is 0 Å². The van der Waals surface area contributed by atoms with E-state index in [2.05, 4.69) is 26.1 Å². The van der Waals surface area contributed by atoms with E-state index in [0.29, 0.717) is 17.5 Å². The van der Waals surface area contributed by atoms with Crippen molar-refractivity contribution < 1.29 is 28.2 Å². The molecule has 7 heteroatoms. The van der Waals surface area contributed by atoms with Gasteiger partial charge in [-0.05, 0) is 58.3 Å². The van der Waals surface area contributed by atoms with Gasteiger partial charge < -0.3 is 15.5 Å². The standard InChI is InChI=1S/C15H31NO.C2HF3O2/c1-12(8-6-11-15(4,5)17)16-13-9-7-10-14(13,2)3;3-2(4,5)1(6)7/h12-13,16-17H,6-11H2,1-5H3;(H,6,7). The molecule has 3 N–H and O–H groups in total. The van der Waals surface area contributed by atoms with Crippen molar-refractivity contribution in [3.8, 4) is 0 Å².